The molecule has 3 atom stereocenters. The number of azo groups is 1. The van der Waals surface area contributed by atoms with E-state index in [1.807, 2.05) is 24.3 Å². The summed E-state index contributed by atoms with van der Waals surface area (Å²) in [6, 6.07) is 21.6. The average molecular weight is 489 g/mol. The number of carbonyl (C=O) groups is 1. The molecule has 3 aromatic rings. The van der Waals surface area contributed by atoms with Gasteiger partial charge in [0.2, 0.25) is 0 Å². The van der Waals surface area contributed by atoms with Crippen LogP contribution in [0.1, 0.15) is 12.8 Å². The molecule has 0 saturated heterocycles. The van der Waals surface area contributed by atoms with E-state index in [4.69, 9.17) is 25.8 Å². The van der Waals surface area contributed by atoms with Crippen molar-refractivity contribution in [3.05, 3.63) is 90.0 Å². The highest BCUT2D eigenvalue weighted by atomic mass is 35.5. The summed E-state index contributed by atoms with van der Waals surface area (Å²) >= 11 is 5.87. The third-order valence-corrected chi connectivity index (χ3v) is 6.44. The van der Waals surface area contributed by atoms with E-state index in [0.29, 0.717) is 41.6 Å². The number of rotatable bonds is 9. The Hall–Kier alpha value is -3.64. The van der Waals surface area contributed by atoms with Crippen molar-refractivity contribution in [3.8, 4) is 17.2 Å². The van der Waals surface area contributed by atoms with E-state index < -0.39 is 0 Å². The second-order valence-electron chi connectivity index (χ2n) is 8.65. The monoisotopic (exact) mass is 488 g/mol. The Bertz CT molecular complexity index is 1210. The van der Waals surface area contributed by atoms with E-state index in [1.165, 1.54) is 0 Å². The molecule has 0 radical (unpaired) electrons. The molecule has 3 unspecified atom stereocenters. The van der Waals surface area contributed by atoms with Gasteiger partial charge in [0.15, 0.2) is 0 Å². The number of halogens is 1. The number of fused-ring (bicyclic) bond motifs is 2. The van der Waals surface area contributed by atoms with Crippen molar-refractivity contribution in [2.75, 3.05) is 13.2 Å². The molecule has 0 amide bonds. The molecule has 5 rings (SSSR count). The van der Waals surface area contributed by atoms with Crippen LogP contribution in [0.3, 0.4) is 0 Å². The third-order valence-electron chi connectivity index (χ3n) is 6.19. The molecule has 3 aromatic carbocycles. The zero-order chi connectivity index (χ0) is 24.0. The Kier molecular flexibility index (Phi) is 7.09. The first kappa shape index (κ1) is 23.1. The smallest absolute Gasteiger partial charge is 0.314 e. The lowest BCUT2D eigenvalue weighted by Crippen LogP contribution is -2.23. The van der Waals surface area contributed by atoms with Crippen molar-refractivity contribution in [1.82, 2.24) is 0 Å². The Morgan fingerprint density at radius 1 is 0.743 bits per heavy atom. The van der Waals surface area contributed by atoms with E-state index >= 15 is 0 Å². The molecular formula is C28H25ClN2O4. The molecule has 7 heteroatoms. The number of ether oxygens (including phenoxy) is 3. The number of benzene rings is 3. The molecule has 0 heterocycles. The number of esters is 1. The highest BCUT2D eigenvalue weighted by Crippen LogP contribution is 2.44. The second kappa shape index (κ2) is 10.7. The molecular weight excluding hydrogens is 464 g/mol. The first-order chi connectivity index (χ1) is 17.1. The van der Waals surface area contributed by atoms with Gasteiger partial charge >= 0.3 is 5.97 Å². The maximum absolute atomic E-state index is 12.4. The molecule has 0 aliphatic heterocycles. The lowest BCUT2D eigenvalue weighted by atomic mass is 9.94. The Morgan fingerprint density at radius 3 is 1.83 bits per heavy atom. The van der Waals surface area contributed by atoms with Crippen molar-refractivity contribution in [3.63, 3.8) is 0 Å². The van der Waals surface area contributed by atoms with Gasteiger partial charge in [-0.1, -0.05) is 23.8 Å². The number of carbonyl (C=O) groups excluding carboxylic acids is 1. The van der Waals surface area contributed by atoms with E-state index in [-0.39, 0.29) is 11.9 Å². The van der Waals surface area contributed by atoms with Gasteiger partial charge in [0.05, 0.1) is 17.3 Å². The molecule has 178 valence electrons. The van der Waals surface area contributed by atoms with Crippen molar-refractivity contribution in [2.45, 2.75) is 12.8 Å². The van der Waals surface area contributed by atoms with Crippen LogP contribution in [0.25, 0.3) is 0 Å². The standard InChI is InChI=1S/C28H25ClN2O4/c29-21-3-5-22(6-4-21)30-31-23-7-9-24(10-8-23)33-15-16-34-25-11-13-26(14-12-25)35-28(32)27-18-19-1-2-20(27)17-19/h1-14,19-20,27H,15-18H2. The van der Waals surface area contributed by atoms with Crippen LogP contribution in [0, 0.1) is 17.8 Å². The van der Waals surface area contributed by atoms with Gasteiger partial charge in [-0.3, -0.25) is 4.79 Å². The number of nitrogens with zero attached hydrogens (tertiary/aromatic N) is 2. The average Bonchev–Trinajstić information content (AvgIpc) is 3.52. The van der Waals surface area contributed by atoms with Crippen LogP contribution in [0.4, 0.5) is 11.4 Å². The molecule has 2 aliphatic carbocycles. The predicted octanol–water partition coefficient (Wildman–Crippen LogP) is 7.33. The summed E-state index contributed by atoms with van der Waals surface area (Å²) in [5.74, 6) is 2.67. The summed E-state index contributed by atoms with van der Waals surface area (Å²) in [6.45, 7) is 0.773. The summed E-state index contributed by atoms with van der Waals surface area (Å²) in [6.07, 6.45) is 6.35. The largest absolute Gasteiger partial charge is 0.490 e. The minimum atomic E-state index is -0.138. The van der Waals surface area contributed by atoms with E-state index in [9.17, 15) is 4.79 Å². The highest BCUT2D eigenvalue weighted by Gasteiger charge is 2.40. The first-order valence-corrected chi connectivity index (χ1v) is 12.0. The Morgan fingerprint density at radius 2 is 1.29 bits per heavy atom. The predicted molar refractivity (Wildman–Crippen MR) is 134 cm³/mol. The first-order valence-electron chi connectivity index (χ1n) is 11.7. The van der Waals surface area contributed by atoms with Crippen LogP contribution in [0.15, 0.2) is 95.2 Å². The minimum absolute atomic E-state index is 0.0151. The van der Waals surface area contributed by atoms with Crippen LogP contribution in [-0.4, -0.2) is 19.2 Å². The lowest BCUT2D eigenvalue weighted by molar-refractivity contribution is -0.139. The van der Waals surface area contributed by atoms with Gasteiger partial charge in [-0.05, 0) is 97.5 Å². The maximum atomic E-state index is 12.4. The van der Waals surface area contributed by atoms with Gasteiger partial charge in [0, 0.05) is 5.02 Å². The van der Waals surface area contributed by atoms with Crippen molar-refractivity contribution in [1.29, 1.82) is 0 Å². The van der Waals surface area contributed by atoms with Gasteiger partial charge in [-0.25, -0.2) is 0 Å². The summed E-state index contributed by atoms with van der Waals surface area (Å²) < 4.78 is 17.0. The maximum Gasteiger partial charge on any atom is 0.314 e. The third kappa shape index (κ3) is 6.08. The lowest BCUT2D eigenvalue weighted by Gasteiger charge is -2.16. The zero-order valence-electron chi connectivity index (χ0n) is 19.0. The van der Waals surface area contributed by atoms with Crippen molar-refractivity contribution in [2.24, 2.45) is 28.0 Å². The Labute approximate surface area is 209 Å². The summed E-state index contributed by atoms with van der Waals surface area (Å²) in [7, 11) is 0. The molecule has 1 saturated carbocycles. The SMILES string of the molecule is O=C(Oc1ccc(OCCOc2ccc(N=Nc3ccc(Cl)cc3)cc2)cc1)C1CC2C=CC1C2. The molecule has 2 aliphatic rings. The normalized spacial score (nSPS) is 20.3. The summed E-state index contributed by atoms with van der Waals surface area (Å²) in [5, 5.41) is 9.05. The number of allylic oxidation sites excluding steroid dienone is 2. The topological polar surface area (TPSA) is 69.5 Å². The fourth-order valence-corrected chi connectivity index (χ4v) is 4.52. The van der Waals surface area contributed by atoms with Gasteiger partial charge in [-0.15, -0.1) is 0 Å². The second-order valence-corrected chi connectivity index (χ2v) is 9.08. The zero-order valence-corrected chi connectivity index (χ0v) is 19.8. The minimum Gasteiger partial charge on any atom is -0.490 e. The van der Waals surface area contributed by atoms with Gasteiger partial charge in [0.1, 0.15) is 30.5 Å². The number of hydrogen-bond donors (Lipinski definition) is 0. The molecule has 2 bridgehead atoms. The molecule has 0 spiro atoms. The molecule has 0 aromatic heterocycles. The highest BCUT2D eigenvalue weighted by molar-refractivity contribution is 6.30. The van der Waals surface area contributed by atoms with Gasteiger partial charge in [0.25, 0.3) is 0 Å². The fourth-order valence-electron chi connectivity index (χ4n) is 4.40. The van der Waals surface area contributed by atoms with Gasteiger partial charge in [-0.2, -0.15) is 10.2 Å². The van der Waals surface area contributed by atoms with Crippen LogP contribution in [0.2, 0.25) is 5.02 Å². The Balaban J connectivity index is 1.03. The van der Waals surface area contributed by atoms with Crippen LogP contribution in [-0.2, 0) is 4.79 Å². The molecule has 0 N–H and O–H groups in total. The van der Waals surface area contributed by atoms with Crippen LogP contribution >= 0.6 is 11.6 Å². The summed E-state index contributed by atoms with van der Waals surface area (Å²) in [5.41, 5.74) is 1.46. The quantitative estimate of drug-likeness (QED) is 0.104. The fraction of sp³-hybridized carbons (Fsp3) is 0.250. The van der Waals surface area contributed by atoms with E-state index in [2.05, 4.69) is 22.4 Å². The van der Waals surface area contributed by atoms with Crippen molar-refractivity contribution < 1.29 is 19.0 Å². The van der Waals surface area contributed by atoms with Crippen LogP contribution < -0.4 is 14.2 Å². The number of hydrogen-bond acceptors (Lipinski definition) is 6. The van der Waals surface area contributed by atoms with Crippen LogP contribution in [0.5, 0.6) is 17.2 Å². The van der Waals surface area contributed by atoms with E-state index in [1.54, 1.807) is 48.5 Å². The molecule has 35 heavy (non-hydrogen) atoms. The van der Waals surface area contributed by atoms with Gasteiger partial charge < -0.3 is 14.2 Å². The molecule has 6 nitrogen and oxygen atoms in total. The molecule has 1 fully saturated rings. The van der Waals surface area contributed by atoms with E-state index in [0.717, 1.165) is 30.0 Å². The van der Waals surface area contributed by atoms with Crippen molar-refractivity contribution >= 4 is 28.9 Å². The summed E-state index contributed by atoms with van der Waals surface area (Å²) in [4.78, 5) is 12.4.